The van der Waals surface area contributed by atoms with E-state index >= 15 is 0 Å². The Morgan fingerprint density at radius 1 is 1.19 bits per heavy atom. The number of amides is 1. The monoisotopic (exact) mass is 506 g/mol. The predicted octanol–water partition coefficient (Wildman–Crippen LogP) is 5.08. The van der Waals surface area contributed by atoms with Gasteiger partial charge in [-0.2, -0.15) is 0 Å². The van der Waals surface area contributed by atoms with Crippen LogP contribution in [-0.2, 0) is 11.3 Å². The zero-order chi connectivity index (χ0) is 25.4. The van der Waals surface area contributed by atoms with Crippen molar-refractivity contribution in [3.8, 4) is 11.4 Å². The van der Waals surface area contributed by atoms with Gasteiger partial charge in [0.05, 0.1) is 10.9 Å². The number of fused-ring (bicyclic) bond motifs is 1. The van der Waals surface area contributed by atoms with E-state index in [9.17, 15) is 9.59 Å². The second kappa shape index (κ2) is 10.3. The van der Waals surface area contributed by atoms with Crippen LogP contribution >= 0.6 is 11.6 Å². The van der Waals surface area contributed by atoms with Gasteiger partial charge in [0, 0.05) is 29.7 Å². The van der Waals surface area contributed by atoms with Crippen LogP contribution in [-0.4, -0.2) is 46.0 Å². The molecule has 1 aliphatic carbocycles. The van der Waals surface area contributed by atoms with Crippen LogP contribution in [0.5, 0.6) is 0 Å². The molecule has 190 valence electrons. The predicted molar refractivity (Wildman–Crippen MR) is 145 cm³/mol. The molecule has 2 aromatic carbocycles. The van der Waals surface area contributed by atoms with Gasteiger partial charge in [0.2, 0.25) is 5.91 Å². The van der Waals surface area contributed by atoms with Gasteiger partial charge in [0.15, 0.2) is 0 Å². The molecule has 1 saturated carbocycles. The summed E-state index contributed by atoms with van der Waals surface area (Å²) < 4.78 is 1.48. The molecule has 1 N–H and O–H groups in total. The van der Waals surface area contributed by atoms with E-state index in [1.807, 2.05) is 38.1 Å². The standard InChI is InChI=1S/C29H35ClN4O2/c1-18(2)31-27(35)17-34-28(22-5-4-6-24(30)13-22)32-26-8-7-21(14-25(26)29(34)36)23-11-20(12-23)16-33-10-9-19(3)15-33/h4-8,13-14,18-20,23H,9-12,15-17H2,1-3H3,(H,31,35)/t19-,20?,23?/m1/s1. The second-order valence-corrected chi connectivity index (χ2v) is 11.5. The fourth-order valence-electron chi connectivity index (χ4n) is 5.71. The zero-order valence-corrected chi connectivity index (χ0v) is 22.1. The molecule has 0 bridgehead atoms. The Labute approximate surface area is 217 Å². The minimum absolute atomic E-state index is 0.0156. The summed E-state index contributed by atoms with van der Waals surface area (Å²) in [5, 5.41) is 4.00. The van der Waals surface area contributed by atoms with Crippen LogP contribution < -0.4 is 10.9 Å². The highest BCUT2D eigenvalue weighted by atomic mass is 35.5. The van der Waals surface area contributed by atoms with E-state index in [4.69, 9.17) is 16.6 Å². The van der Waals surface area contributed by atoms with E-state index in [-0.39, 0.29) is 24.1 Å². The van der Waals surface area contributed by atoms with Crippen LogP contribution in [0.25, 0.3) is 22.3 Å². The Hall–Kier alpha value is -2.70. The number of aromatic nitrogens is 2. The summed E-state index contributed by atoms with van der Waals surface area (Å²) in [6.07, 6.45) is 3.64. The molecular weight excluding hydrogens is 472 g/mol. The highest BCUT2D eigenvalue weighted by molar-refractivity contribution is 6.30. The lowest BCUT2D eigenvalue weighted by Gasteiger charge is -2.38. The molecule has 1 saturated heterocycles. The number of halogens is 1. The quantitative estimate of drug-likeness (QED) is 0.485. The number of hydrogen-bond donors (Lipinski definition) is 1. The fraction of sp³-hybridized carbons (Fsp3) is 0.483. The van der Waals surface area contributed by atoms with E-state index in [0.717, 1.165) is 24.7 Å². The van der Waals surface area contributed by atoms with Gasteiger partial charge < -0.3 is 10.2 Å². The Morgan fingerprint density at radius 3 is 2.69 bits per heavy atom. The van der Waals surface area contributed by atoms with Crippen LogP contribution in [0.2, 0.25) is 5.02 Å². The van der Waals surface area contributed by atoms with Crippen LogP contribution in [0, 0.1) is 11.8 Å². The van der Waals surface area contributed by atoms with E-state index in [0.29, 0.717) is 33.2 Å². The molecule has 1 atom stereocenters. The molecule has 0 unspecified atom stereocenters. The molecule has 2 fully saturated rings. The third-order valence-electron chi connectivity index (χ3n) is 7.54. The summed E-state index contributed by atoms with van der Waals surface area (Å²) in [6, 6.07) is 13.3. The van der Waals surface area contributed by atoms with Crippen molar-refractivity contribution in [1.82, 2.24) is 19.8 Å². The van der Waals surface area contributed by atoms with Crippen molar-refractivity contribution in [2.75, 3.05) is 19.6 Å². The molecule has 3 aromatic rings. The first-order valence-corrected chi connectivity index (χ1v) is 13.5. The number of rotatable bonds is 7. The zero-order valence-electron chi connectivity index (χ0n) is 21.3. The van der Waals surface area contributed by atoms with Gasteiger partial charge in [-0.05, 0) is 87.2 Å². The molecule has 6 nitrogen and oxygen atoms in total. The number of nitrogens with zero attached hydrogens (tertiary/aromatic N) is 3. The minimum atomic E-state index is -0.217. The van der Waals surface area contributed by atoms with Gasteiger partial charge in [-0.25, -0.2) is 4.98 Å². The molecule has 7 heteroatoms. The van der Waals surface area contributed by atoms with Crippen molar-refractivity contribution in [3.63, 3.8) is 0 Å². The van der Waals surface area contributed by atoms with Crippen molar-refractivity contribution < 1.29 is 4.79 Å². The Bertz CT molecular complexity index is 1330. The fourth-order valence-corrected chi connectivity index (χ4v) is 5.90. The molecule has 2 heterocycles. The number of nitrogens with one attached hydrogen (secondary N) is 1. The van der Waals surface area contributed by atoms with Crippen LogP contribution in [0.1, 0.15) is 51.5 Å². The third kappa shape index (κ3) is 5.35. The largest absolute Gasteiger partial charge is 0.352 e. The summed E-state index contributed by atoms with van der Waals surface area (Å²) >= 11 is 6.23. The van der Waals surface area contributed by atoms with Crippen molar-refractivity contribution >= 4 is 28.4 Å². The van der Waals surface area contributed by atoms with E-state index in [2.05, 4.69) is 23.2 Å². The minimum Gasteiger partial charge on any atom is -0.352 e. The number of benzene rings is 2. The second-order valence-electron chi connectivity index (χ2n) is 11.0. The first-order chi connectivity index (χ1) is 17.3. The number of hydrogen-bond acceptors (Lipinski definition) is 4. The van der Waals surface area contributed by atoms with Crippen LogP contribution in [0.3, 0.4) is 0 Å². The molecule has 1 aliphatic heterocycles. The highest BCUT2D eigenvalue weighted by Crippen LogP contribution is 2.43. The summed E-state index contributed by atoms with van der Waals surface area (Å²) in [7, 11) is 0. The number of carbonyl (C=O) groups excluding carboxylic acids is 1. The highest BCUT2D eigenvalue weighted by Gasteiger charge is 2.33. The Balaban J connectivity index is 1.44. The Kier molecular flexibility index (Phi) is 7.18. The lowest BCUT2D eigenvalue weighted by atomic mass is 9.71. The molecule has 36 heavy (non-hydrogen) atoms. The normalized spacial score (nSPS) is 22.2. The van der Waals surface area contributed by atoms with Crippen molar-refractivity contribution in [2.24, 2.45) is 11.8 Å². The first-order valence-electron chi connectivity index (χ1n) is 13.1. The van der Waals surface area contributed by atoms with Gasteiger partial charge in [-0.3, -0.25) is 14.2 Å². The first kappa shape index (κ1) is 25.0. The van der Waals surface area contributed by atoms with Crippen LogP contribution in [0.15, 0.2) is 47.3 Å². The molecule has 5 rings (SSSR count). The molecular formula is C29H35ClN4O2. The Morgan fingerprint density at radius 2 is 2.00 bits per heavy atom. The molecule has 1 amide bonds. The summed E-state index contributed by atoms with van der Waals surface area (Å²) in [4.78, 5) is 33.8. The van der Waals surface area contributed by atoms with Crippen molar-refractivity contribution in [2.45, 2.75) is 58.5 Å². The molecule has 0 radical (unpaired) electrons. The number of carbonyl (C=O) groups is 1. The lowest BCUT2D eigenvalue weighted by molar-refractivity contribution is -0.122. The smallest absolute Gasteiger partial charge is 0.262 e. The van der Waals surface area contributed by atoms with Crippen molar-refractivity contribution in [3.05, 3.63) is 63.4 Å². The van der Waals surface area contributed by atoms with Gasteiger partial charge in [0.1, 0.15) is 12.4 Å². The van der Waals surface area contributed by atoms with E-state index in [1.54, 1.807) is 12.1 Å². The maximum atomic E-state index is 13.7. The van der Waals surface area contributed by atoms with Gasteiger partial charge in [-0.15, -0.1) is 0 Å². The summed E-state index contributed by atoms with van der Waals surface area (Å²) in [5.74, 6) is 2.26. The third-order valence-corrected chi connectivity index (χ3v) is 7.78. The number of likely N-dealkylation sites (tertiary alicyclic amines) is 1. The molecule has 2 aliphatic rings. The van der Waals surface area contributed by atoms with Gasteiger partial charge in [-0.1, -0.05) is 36.7 Å². The summed E-state index contributed by atoms with van der Waals surface area (Å²) in [6.45, 7) is 9.69. The van der Waals surface area contributed by atoms with E-state index < -0.39 is 0 Å². The molecule has 0 spiro atoms. The topological polar surface area (TPSA) is 67.2 Å². The maximum absolute atomic E-state index is 13.7. The SMILES string of the molecule is CC(C)NC(=O)Cn1c(-c2cccc(Cl)c2)nc2ccc(C3CC(CN4CC[C@@H](C)C4)C3)cc2c1=O. The average molecular weight is 507 g/mol. The average Bonchev–Trinajstić information content (AvgIpc) is 3.22. The van der Waals surface area contributed by atoms with Gasteiger partial charge >= 0.3 is 0 Å². The van der Waals surface area contributed by atoms with Gasteiger partial charge in [0.25, 0.3) is 5.56 Å². The maximum Gasteiger partial charge on any atom is 0.262 e. The van der Waals surface area contributed by atoms with Crippen molar-refractivity contribution in [1.29, 1.82) is 0 Å². The summed E-state index contributed by atoms with van der Waals surface area (Å²) in [5.41, 5.74) is 2.35. The van der Waals surface area contributed by atoms with E-state index in [1.165, 1.54) is 36.2 Å². The van der Waals surface area contributed by atoms with Crippen LogP contribution in [0.4, 0.5) is 0 Å². The molecule has 1 aromatic heterocycles. The lowest BCUT2D eigenvalue weighted by Crippen LogP contribution is -2.37.